The number of hydrogen-bond donors (Lipinski definition) is 1. The van der Waals surface area contributed by atoms with E-state index in [2.05, 4.69) is 39.2 Å². The molecule has 0 saturated heterocycles. The lowest BCUT2D eigenvalue weighted by Crippen LogP contribution is -1.88. The number of nitrogens with zero attached hydrogens (tertiary/aromatic N) is 3. The topological polar surface area (TPSA) is 54.5 Å². The number of hydrogen-bond acceptors (Lipinski definition) is 4. The summed E-state index contributed by atoms with van der Waals surface area (Å²) >= 11 is 7.45. The highest BCUT2D eigenvalue weighted by Crippen LogP contribution is 2.31. The Balaban J connectivity index is 2.06. The monoisotopic (exact) mass is 276 g/mol. The Hall–Kier alpha value is -1.59. The highest BCUT2D eigenvalue weighted by molar-refractivity contribution is 7.99. The van der Waals surface area contributed by atoms with Crippen LogP contribution in [0, 0.1) is 6.92 Å². The molecule has 0 atom stereocenters. The van der Waals surface area contributed by atoms with E-state index in [-0.39, 0.29) is 5.28 Å². The molecule has 0 radical (unpaired) electrons. The van der Waals surface area contributed by atoms with Gasteiger partial charge in [0, 0.05) is 4.90 Å². The molecule has 1 aromatic carbocycles. The maximum atomic E-state index is 5.89. The zero-order valence-electron chi connectivity index (χ0n) is 9.51. The Labute approximate surface area is 113 Å². The van der Waals surface area contributed by atoms with Crippen LogP contribution in [0.1, 0.15) is 5.56 Å². The van der Waals surface area contributed by atoms with Crippen molar-refractivity contribution in [3.8, 4) is 0 Å². The number of fused-ring (bicyclic) bond motifs is 1. The number of halogens is 1. The Kier molecular flexibility index (Phi) is 2.93. The number of aryl methyl sites for hydroxylation is 1. The molecule has 0 unspecified atom stereocenters. The van der Waals surface area contributed by atoms with Gasteiger partial charge in [-0.2, -0.15) is 10.1 Å². The van der Waals surface area contributed by atoms with Crippen molar-refractivity contribution < 1.29 is 0 Å². The molecule has 0 aliphatic heterocycles. The molecule has 0 aliphatic rings. The third-order valence-electron chi connectivity index (χ3n) is 2.45. The minimum atomic E-state index is 0.224. The van der Waals surface area contributed by atoms with E-state index in [1.54, 1.807) is 18.0 Å². The van der Waals surface area contributed by atoms with Crippen molar-refractivity contribution in [1.82, 2.24) is 20.2 Å². The highest BCUT2D eigenvalue weighted by Gasteiger charge is 2.09. The first-order valence-electron chi connectivity index (χ1n) is 5.33. The van der Waals surface area contributed by atoms with Crippen LogP contribution in [-0.2, 0) is 0 Å². The number of benzene rings is 1. The molecule has 0 bridgehead atoms. The molecule has 0 aliphatic carbocycles. The lowest BCUT2D eigenvalue weighted by Gasteiger charge is -2.03. The first kappa shape index (κ1) is 11.5. The minimum absolute atomic E-state index is 0.224. The summed E-state index contributed by atoms with van der Waals surface area (Å²) in [6.45, 7) is 2.06. The van der Waals surface area contributed by atoms with Crippen molar-refractivity contribution in [3.05, 3.63) is 41.3 Å². The van der Waals surface area contributed by atoms with Gasteiger partial charge in [-0.05, 0) is 30.7 Å². The predicted octanol–water partition coefficient (Wildman–Crippen LogP) is 3.47. The zero-order valence-corrected chi connectivity index (χ0v) is 11.1. The average Bonchev–Trinajstić information content (AvgIpc) is 2.77. The number of H-pyrrole nitrogens is 1. The molecule has 90 valence electrons. The van der Waals surface area contributed by atoms with E-state index in [4.69, 9.17) is 11.6 Å². The summed E-state index contributed by atoms with van der Waals surface area (Å²) in [5.41, 5.74) is 1.87. The predicted molar refractivity (Wildman–Crippen MR) is 72.0 cm³/mol. The molecule has 0 saturated carbocycles. The molecule has 0 spiro atoms. The molecule has 2 heterocycles. The lowest BCUT2D eigenvalue weighted by atomic mass is 10.2. The van der Waals surface area contributed by atoms with Gasteiger partial charge >= 0.3 is 0 Å². The first-order chi connectivity index (χ1) is 8.72. The van der Waals surface area contributed by atoms with Gasteiger partial charge in [0.05, 0.1) is 11.6 Å². The molecular formula is C12H9ClN4S. The van der Waals surface area contributed by atoms with Gasteiger partial charge in [-0.1, -0.05) is 29.5 Å². The fourth-order valence-electron chi connectivity index (χ4n) is 1.65. The number of aromatic amines is 1. The van der Waals surface area contributed by atoms with Crippen molar-refractivity contribution >= 4 is 34.4 Å². The molecular weight excluding hydrogens is 268 g/mol. The molecule has 18 heavy (non-hydrogen) atoms. The summed E-state index contributed by atoms with van der Waals surface area (Å²) in [7, 11) is 0. The van der Waals surface area contributed by atoms with E-state index in [0.29, 0.717) is 5.65 Å². The molecule has 0 fully saturated rings. The van der Waals surface area contributed by atoms with Gasteiger partial charge in [0.1, 0.15) is 5.03 Å². The third kappa shape index (κ3) is 2.19. The van der Waals surface area contributed by atoms with E-state index in [0.717, 1.165) is 15.3 Å². The molecule has 6 heteroatoms. The van der Waals surface area contributed by atoms with E-state index < -0.39 is 0 Å². The Morgan fingerprint density at radius 2 is 2.17 bits per heavy atom. The van der Waals surface area contributed by atoms with Gasteiger partial charge < -0.3 is 0 Å². The summed E-state index contributed by atoms with van der Waals surface area (Å²) in [6.07, 6.45) is 1.71. The lowest BCUT2D eigenvalue weighted by molar-refractivity contribution is 1.07. The average molecular weight is 277 g/mol. The van der Waals surface area contributed by atoms with Crippen molar-refractivity contribution in [2.75, 3.05) is 0 Å². The van der Waals surface area contributed by atoms with Gasteiger partial charge in [-0.15, -0.1) is 0 Å². The summed E-state index contributed by atoms with van der Waals surface area (Å²) in [5.74, 6) is 0. The molecule has 4 nitrogen and oxygen atoms in total. The van der Waals surface area contributed by atoms with Crippen molar-refractivity contribution in [2.24, 2.45) is 0 Å². The van der Waals surface area contributed by atoms with Crippen molar-refractivity contribution in [3.63, 3.8) is 0 Å². The normalized spacial score (nSPS) is 11.0. The minimum Gasteiger partial charge on any atom is -0.261 e. The fourth-order valence-corrected chi connectivity index (χ4v) is 2.88. The molecule has 0 amide bonds. The van der Waals surface area contributed by atoms with Gasteiger partial charge in [-0.25, -0.2) is 4.98 Å². The summed E-state index contributed by atoms with van der Waals surface area (Å²) in [6, 6.07) is 8.23. The maximum absolute atomic E-state index is 5.89. The van der Waals surface area contributed by atoms with Crippen LogP contribution in [0.4, 0.5) is 0 Å². The third-order valence-corrected chi connectivity index (χ3v) is 3.61. The molecule has 3 aromatic rings. The van der Waals surface area contributed by atoms with Crippen LogP contribution >= 0.6 is 23.4 Å². The van der Waals surface area contributed by atoms with E-state index in [1.807, 2.05) is 12.1 Å². The van der Waals surface area contributed by atoms with Gasteiger partial charge in [-0.3, -0.25) is 5.10 Å². The second-order valence-electron chi connectivity index (χ2n) is 3.85. The van der Waals surface area contributed by atoms with Gasteiger partial charge in [0.25, 0.3) is 0 Å². The van der Waals surface area contributed by atoms with Crippen LogP contribution in [0.15, 0.2) is 40.4 Å². The largest absolute Gasteiger partial charge is 0.261 e. The van der Waals surface area contributed by atoms with E-state index in [9.17, 15) is 0 Å². The van der Waals surface area contributed by atoms with Gasteiger partial charge in [0.2, 0.25) is 5.28 Å². The number of nitrogens with one attached hydrogen (secondary N) is 1. The van der Waals surface area contributed by atoms with Crippen molar-refractivity contribution in [2.45, 2.75) is 16.8 Å². The summed E-state index contributed by atoms with van der Waals surface area (Å²) < 4.78 is 0. The zero-order chi connectivity index (χ0) is 12.5. The van der Waals surface area contributed by atoms with E-state index in [1.165, 1.54) is 5.56 Å². The van der Waals surface area contributed by atoms with Crippen LogP contribution in [0.3, 0.4) is 0 Å². The highest BCUT2D eigenvalue weighted by atomic mass is 35.5. The smallest absolute Gasteiger partial charge is 0.225 e. The Morgan fingerprint density at radius 1 is 1.28 bits per heavy atom. The number of rotatable bonds is 2. The van der Waals surface area contributed by atoms with Crippen LogP contribution in [0.5, 0.6) is 0 Å². The van der Waals surface area contributed by atoms with Gasteiger partial charge in [0.15, 0.2) is 5.65 Å². The quantitative estimate of drug-likeness (QED) is 0.575. The number of aromatic nitrogens is 4. The maximum Gasteiger partial charge on any atom is 0.225 e. The van der Waals surface area contributed by atoms with Crippen LogP contribution in [0.2, 0.25) is 5.28 Å². The molecule has 1 N–H and O–H groups in total. The molecule has 3 rings (SSSR count). The van der Waals surface area contributed by atoms with Crippen LogP contribution < -0.4 is 0 Å². The van der Waals surface area contributed by atoms with Crippen molar-refractivity contribution in [1.29, 1.82) is 0 Å². The SMILES string of the molecule is Cc1cccc(Sc2nc(Cl)nc3[nH]ncc23)c1. The second-order valence-corrected chi connectivity index (χ2v) is 5.25. The van der Waals surface area contributed by atoms with Crippen LogP contribution in [-0.4, -0.2) is 20.2 Å². The van der Waals surface area contributed by atoms with Crippen LogP contribution in [0.25, 0.3) is 11.0 Å². The molecule has 2 aromatic heterocycles. The second kappa shape index (κ2) is 4.59. The summed E-state index contributed by atoms with van der Waals surface area (Å²) in [4.78, 5) is 9.45. The summed E-state index contributed by atoms with van der Waals surface area (Å²) in [5, 5.41) is 8.68. The Bertz CT molecular complexity index is 710. The standard InChI is InChI=1S/C12H9ClN4S/c1-7-3-2-4-8(5-7)18-11-9-6-14-17-10(9)15-12(13)16-11/h2-6H,1H3,(H,14,15,16,17). The van der Waals surface area contributed by atoms with E-state index >= 15 is 0 Å². The first-order valence-corrected chi connectivity index (χ1v) is 6.53. The fraction of sp³-hybridized carbons (Fsp3) is 0.0833. The Morgan fingerprint density at radius 3 is 3.00 bits per heavy atom.